The number of rotatable bonds is 7. The highest BCUT2D eigenvalue weighted by Gasteiger charge is 2.22. The first-order chi connectivity index (χ1) is 13.6. The number of hydrogen-bond donors (Lipinski definition) is 0. The maximum Gasteiger partial charge on any atom is 0.228 e. The smallest absolute Gasteiger partial charge is 0.228 e. The van der Waals surface area contributed by atoms with Crippen LogP contribution >= 0.6 is 35.0 Å². The summed E-state index contributed by atoms with van der Waals surface area (Å²) in [6.07, 6.45) is 2.48. The zero-order valence-electron chi connectivity index (χ0n) is 16.2. The van der Waals surface area contributed by atoms with Crippen LogP contribution < -0.4 is 4.90 Å². The minimum atomic E-state index is 0.191. The number of halogens is 2. The number of carbonyl (C=O) groups is 1. The van der Waals surface area contributed by atoms with Gasteiger partial charge in [0.2, 0.25) is 5.91 Å². The van der Waals surface area contributed by atoms with Gasteiger partial charge >= 0.3 is 0 Å². The molecule has 0 saturated heterocycles. The molecule has 3 rings (SSSR count). The monoisotopic (exact) mass is 436 g/mol. The molecule has 150 valence electrons. The van der Waals surface area contributed by atoms with Gasteiger partial charge in [-0.3, -0.25) is 4.79 Å². The van der Waals surface area contributed by atoms with E-state index >= 15 is 0 Å². The van der Waals surface area contributed by atoms with Crippen LogP contribution in [0.3, 0.4) is 0 Å². The van der Waals surface area contributed by atoms with Gasteiger partial charge < -0.3 is 9.80 Å². The van der Waals surface area contributed by atoms with Crippen LogP contribution in [0.25, 0.3) is 0 Å². The van der Waals surface area contributed by atoms with Crippen molar-refractivity contribution in [3.63, 3.8) is 0 Å². The van der Waals surface area contributed by atoms with Crippen LogP contribution in [-0.4, -0.2) is 42.7 Å². The summed E-state index contributed by atoms with van der Waals surface area (Å²) in [7, 11) is 0. The predicted octanol–water partition coefficient (Wildman–Crippen LogP) is 5.78. The van der Waals surface area contributed by atoms with E-state index in [9.17, 15) is 4.79 Å². The SMILES string of the molecule is CCN(CCC(=O)N1CCCSc2cc(Cl)ccc21)CCc1ccc(Cl)cc1. The Labute approximate surface area is 182 Å². The van der Waals surface area contributed by atoms with Gasteiger partial charge in [-0.2, -0.15) is 0 Å². The van der Waals surface area contributed by atoms with Gasteiger partial charge in [0, 0.05) is 41.0 Å². The lowest BCUT2D eigenvalue weighted by molar-refractivity contribution is -0.119. The van der Waals surface area contributed by atoms with Crippen LogP contribution in [0.2, 0.25) is 10.0 Å². The van der Waals surface area contributed by atoms with Crippen LogP contribution in [0.4, 0.5) is 5.69 Å². The van der Waals surface area contributed by atoms with E-state index in [2.05, 4.69) is 24.0 Å². The molecule has 0 unspecified atom stereocenters. The number of hydrogen-bond acceptors (Lipinski definition) is 3. The molecule has 6 heteroatoms. The molecule has 1 aliphatic heterocycles. The summed E-state index contributed by atoms with van der Waals surface area (Å²) in [5, 5.41) is 1.48. The van der Waals surface area contributed by atoms with Crippen molar-refractivity contribution >= 4 is 46.6 Å². The maximum absolute atomic E-state index is 13.0. The Morgan fingerprint density at radius 2 is 1.86 bits per heavy atom. The highest BCUT2D eigenvalue weighted by molar-refractivity contribution is 7.99. The fourth-order valence-corrected chi connectivity index (χ4v) is 4.76. The number of amides is 1. The van der Waals surface area contributed by atoms with Crippen molar-refractivity contribution in [1.29, 1.82) is 0 Å². The number of likely N-dealkylation sites (N-methyl/N-ethyl adjacent to an activating group) is 1. The van der Waals surface area contributed by atoms with E-state index in [0.29, 0.717) is 6.42 Å². The third-order valence-corrected chi connectivity index (χ3v) is 6.63. The van der Waals surface area contributed by atoms with Gasteiger partial charge in [-0.1, -0.05) is 42.3 Å². The van der Waals surface area contributed by atoms with Crippen molar-refractivity contribution in [3.05, 3.63) is 58.1 Å². The molecule has 0 saturated carbocycles. The first kappa shape index (κ1) is 21.5. The molecule has 0 radical (unpaired) electrons. The Bertz CT molecular complexity index is 798. The molecule has 1 aliphatic rings. The minimum absolute atomic E-state index is 0.191. The summed E-state index contributed by atoms with van der Waals surface area (Å²) in [4.78, 5) is 18.4. The van der Waals surface area contributed by atoms with Crippen LogP contribution in [0.1, 0.15) is 25.3 Å². The van der Waals surface area contributed by atoms with Crippen LogP contribution in [0.5, 0.6) is 0 Å². The molecule has 0 fully saturated rings. The van der Waals surface area contributed by atoms with Gasteiger partial charge in [-0.25, -0.2) is 0 Å². The van der Waals surface area contributed by atoms with E-state index in [1.165, 1.54) is 5.56 Å². The molecular formula is C22H26Cl2N2OS. The summed E-state index contributed by atoms with van der Waals surface area (Å²) < 4.78 is 0. The molecule has 1 amide bonds. The first-order valence-corrected chi connectivity index (χ1v) is 11.5. The molecule has 2 aromatic carbocycles. The van der Waals surface area contributed by atoms with Gasteiger partial charge in [0.15, 0.2) is 0 Å². The maximum atomic E-state index is 13.0. The fraction of sp³-hybridized carbons (Fsp3) is 0.409. The first-order valence-electron chi connectivity index (χ1n) is 9.76. The lowest BCUT2D eigenvalue weighted by Crippen LogP contribution is -2.36. The second-order valence-electron chi connectivity index (χ2n) is 6.92. The highest BCUT2D eigenvalue weighted by Crippen LogP contribution is 2.36. The van der Waals surface area contributed by atoms with E-state index in [4.69, 9.17) is 23.2 Å². The number of anilines is 1. The molecular weight excluding hydrogens is 411 g/mol. The average Bonchev–Trinajstić information content (AvgIpc) is 2.91. The Morgan fingerprint density at radius 1 is 1.11 bits per heavy atom. The Hall–Kier alpha value is -1.20. The molecule has 28 heavy (non-hydrogen) atoms. The van der Waals surface area contributed by atoms with Gasteiger partial charge in [0.05, 0.1) is 5.69 Å². The summed E-state index contributed by atoms with van der Waals surface area (Å²) >= 11 is 13.9. The average molecular weight is 437 g/mol. The number of nitrogens with zero attached hydrogens (tertiary/aromatic N) is 2. The molecule has 2 aromatic rings. The van der Waals surface area contributed by atoms with Crippen LogP contribution in [-0.2, 0) is 11.2 Å². The van der Waals surface area contributed by atoms with Crippen molar-refractivity contribution in [2.75, 3.05) is 36.8 Å². The van der Waals surface area contributed by atoms with Crippen molar-refractivity contribution < 1.29 is 4.79 Å². The summed E-state index contributed by atoms with van der Waals surface area (Å²) in [6.45, 7) is 5.56. The molecule has 0 atom stereocenters. The van der Waals surface area contributed by atoms with Crippen molar-refractivity contribution in [2.45, 2.75) is 31.1 Å². The predicted molar refractivity (Wildman–Crippen MR) is 121 cm³/mol. The molecule has 0 N–H and O–H groups in total. The number of fused-ring (bicyclic) bond motifs is 1. The standard InChI is InChI=1S/C22H26Cl2N2OS/c1-2-25(13-10-17-4-6-18(23)7-5-17)14-11-22(27)26-12-3-15-28-21-16-19(24)8-9-20(21)26/h4-9,16H,2-3,10-15H2,1H3. The molecule has 0 aromatic heterocycles. The Morgan fingerprint density at radius 3 is 2.61 bits per heavy atom. The largest absolute Gasteiger partial charge is 0.311 e. The van der Waals surface area contributed by atoms with Gasteiger partial charge in [-0.15, -0.1) is 11.8 Å². The van der Waals surface area contributed by atoms with E-state index in [1.54, 1.807) is 11.8 Å². The van der Waals surface area contributed by atoms with Crippen molar-refractivity contribution in [3.8, 4) is 0 Å². The van der Waals surface area contributed by atoms with Crippen molar-refractivity contribution in [2.24, 2.45) is 0 Å². The minimum Gasteiger partial charge on any atom is -0.311 e. The summed E-state index contributed by atoms with van der Waals surface area (Å²) in [5.41, 5.74) is 2.27. The Balaban J connectivity index is 1.57. The third-order valence-electron chi connectivity index (χ3n) is 5.02. The number of thioether (sulfide) groups is 1. The van der Waals surface area contributed by atoms with Gasteiger partial charge in [-0.05, 0) is 61.0 Å². The lowest BCUT2D eigenvalue weighted by Gasteiger charge is -2.25. The van der Waals surface area contributed by atoms with E-state index in [0.717, 1.165) is 65.4 Å². The topological polar surface area (TPSA) is 23.6 Å². The summed E-state index contributed by atoms with van der Waals surface area (Å²) in [5.74, 6) is 1.20. The third kappa shape index (κ3) is 5.90. The fourth-order valence-electron chi connectivity index (χ4n) is 3.37. The number of benzene rings is 2. The highest BCUT2D eigenvalue weighted by atomic mass is 35.5. The second kappa shape index (κ2) is 10.5. The van der Waals surface area contributed by atoms with Gasteiger partial charge in [0.1, 0.15) is 0 Å². The zero-order valence-corrected chi connectivity index (χ0v) is 18.5. The van der Waals surface area contributed by atoms with E-state index in [1.807, 2.05) is 35.2 Å². The lowest BCUT2D eigenvalue weighted by atomic mass is 10.1. The van der Waals surface area contributed by atoms with Crippen molar-refractivity contribution in [1.82, 2.24) is 4.90 Å². The second-order valence-corrected chi connectivity index (χ2v) is 8.93. The zero-order chi connectivity index (χ0) is 19.9. The quantitative estimate of drug-likeness (QED) is 0.549. The van der Waals surface area contributed by atoms with E-state index in [-0.39, 0.29) is 5.91 Å². The van der Waals surface area contributed by atoms with Crippen LogP contribution in [0, 0.1) is 0 Å². The molecule has 1 heterocycles. The number of carbonyl (C=O) groups excluding carboxylic acids is 1. The molecule has 3 nitrogen and oxygen atoms in total. The summed E-state index contributed by atoms with van der Waals surface area (Å²) in [6, 6.07) is 13.8. The molecule has 0 aliphatic carbocycles. The van der Waals surface area contributed by atoms with Crippen LogP contribution in [0.15, 0.2) is 47.4 Å². The molecule has 0 spiro atoms. The molecule has 0 bridgehead atoms. The van der Waals surface area contributed by atoms with Gasteiger partial charge in [0.25, 0.3) is 0 Å². The van der Waals surface area contributed by atoms with E-state index < -0.39 is 0 Å². The normalized spacial score (nSPS) is 14.1. The Kier molecular flexibility index (Phi) is 8.10.